The van der Waals surface area contributed by atoms with Crippen LogP contribution in [-0.2, 0) is 9.59 Å². The fraction of sp³-hybridized carbons (Fsp3) is 0.261. The molecule has 31 heavy (non-hydrogen) atoms. The summed E-state index contributed by atoms with van der Waals surface area (Å²) < 4.78 is 5.90. The number of nitrogens with one attached hydrogen (secondary N) is 1. The summed E-state index contributed by atoms with van der Waals surface area (Å²) in [6.45, 7) is 5.58. The SMILES string of the molecule is CCC1Oc2ccc(-c3csc(C)n3)cc2N(CC(=O)Nc2cc(Cl)ccc2C)C1=O. The summed E-state index contributed by atoms with van der Waals surface area (Å²) in [5.41, 5.74) is 3.77. The fourth-order valence-corrected chi connectivity index (χ4v) is 4.26. The minimum absolute atomic E-state index is 0.128. The molecule has 1 aliphatic rings. The topological polar surface area (TPSA) is 71.5 Å². The molecule has 2 aromatic carbocycles. The van der Waals surface area contributed by atoms with Crippen molar-refractivity contribution in [1.82, 2.24) is 4.98 Å². The summed E-state index contributed by atoms with van der Waals surface area (Å²) in [7, 11) is 0. The standard InChI is InChI=1S/C23H22ClN3O3S/c1-4-20-23(29)27(11-22(28)26-17-10-16(24)7-5-13(17)2)19-9-15(6-8-21(19)30-20)18-12-31-14(3)25-18/h5-10,12,20H,4,11H2,1-3H3,(H,26,28). The Hall–Kier alpha value is -2.90. The van der Waals surface area contributed by atoms with Gasteiger partial charge in [-0.1, -0.05) is 24.6 Å². The third kappa shape index (κ3) is 4.43. The van der Waals surface area contributed by atoms with Gasteiger partial charge in [0.25, 0.3) is 5.91 Å². The number of aromatic nitrogens is 1. The summed E-state index contributed by atoms with van der Waals surface area (Å²) in [6, 6.07) is 10.9. The number of benzene rings is 2. The molecule has 160 valence electrons. The van der Waals surface area contributed by atoms with Crippen molar-refractivity contribution in [3.8, 4) is 17.0 Å². The molecule has 0 spiro atoms. The van der Waals surface area contributed by atoms with Gasteiger partial charge < -0.3 is 10.1 Å². The van der Waals surface area contributed by atoms with Crippen LogP contribution in [0, 0.1) is 13.8 Å². The van der Waals surface area contributed by atoms with Gasteiger partial charge in [-0.3, -0.25) is 14.5 Å². The first-order chi connectivity index (χ1) is 14.9. The van der Waals surface area contributed by atoms with Crippen molar-refractivity contribution >= 4 is 46.1 Å². The van der Waals surface area contributed by atoms with Gasteiger partial charge in [-0.05, 0) is 56.2 Å². The smallest absolute Gasteiger partial charge is 0.268 e. The Morgan fingerprint density at radius 1 is 1.26 bits per heavy atom. The molecule has 1 aliphatic heterocycles. The van der Waals surface area contributed by atoms with Gasteiger partial charge in [0, 0.05) is 21.7 Å². The van der Waals surface area contributed by atoms with Crippen molar-refractivity contribution in [2.75, 3.05) is 16.8 Å². The number of thiazole rings is 1. The molecule has 8 heteroatoms. The Bertz CT molecular complexity index is 1160. The third-order valence-corrected chi connectivity index (χ3v) is 6.13. The zero-order valence-corrected chi connectivity index (χ0v) is 19.0. The van der Waals surface area contributed by atoms with Crippen LogP contribution >= 0.6 is 22.9 Å². The Morgan fingerprint density at radius 2 is 2.06 bits per heavy atom. The van der Waals surface area contributed by atoms with Crippen molar-refractivity contribution < 1.29 is 14.3 Å². The number of rotatable bonds is 5. The van der Waals surface area contributed by atoms with Crippen LogP contribution in [0.3, 0.4) is 0 Å². The first kappa shape index (κ1) is 21.3. The molecule has 1 unspecified atom stereocenters. The summed E-state index contributed by atoms with van der Waals surface area (Å²) in [5.74, 6) is 0.0322. The van der Waals surface area contributed by atoms with Gasteiger partial charge in [0.15, 0.2) is 6.10 Å². The fourth-order valence-electron chi connectivity index (χ4n) is 3.46. The van der Waals surface area contributed by atoms with Gasteiger partial charge in [-0.15, -0.1) is 11.3 Å². The van der Waals surface area contributed by atoms with Gasteiger partial charge >= 0.3 is 0 Å². The Labute approximate surface area is 189 Å². The van der Waals surface area contributed by atoms with Crippen LogP contribution in [0.15, 0.2) is 41.8 Å². The Balaban J connectivity index is 1.65. The molecule has 0 bridgehead atoms. The summed E-state index contributed by atoms with van der Waals surface area (Å²) >= 11 is 7.62. The molecule has 0 fully saturated rings. The van der Waals surface area contributed by atoms with E-state index >= 15 is 0 Å². The van der Waals surface area contributed by atoms with Crippen LogP contribution in [-0.4, -0.2) is 29.4 Å². The predicted octanol–water partition coefficient (Wildman–Crippen LogP) is 5.22. The van der Waals surface area contributed by atoms with Crippen molar-refractivity contribution in [1.29, 1.82) is 0 Å². The summed E-state index contributed by atoms with van der Waals surface area (Å²) in [4.78, 5) is 31.9. The number of nitrogens with zero attached hydrogens (tertiary/aromatic N) is 2. The number of anilines is 2. The lowest BCUT2D eigenvalue weighted by atomic mass is 10.1. The normalized spacial score (nSPS) is 15.4. The van der Waals surface area contributed by atoms with Crippen molar-refractivity contribution in [3.05, 3.63) is 57.4 Å². The molecule has 0 radical (unpaired) electrons. The minimum Gasteiger partial charge on any atom is -0.478 e. The van der Waals surface area contributed by atoms with Gasteiger partial charge in [-0.25, -0.2) is 4.98 Å². The maximum Gasteiger partial charge on any atom is 0.268 e. The number of aryl methyl sites for hydroxylation is 2. The number of halogens is 1. The number of carbonyl (C=O) groups is 2. The van der Waals surface area contributed by atoms with E-state index in [0.717, 1.165) is 21.8 Å². The lowest BCUT2D eigenvalue weighted by Gasteiger charge is -2.34. The molecule has 1 aromatic heterocycles. The van der Waals surface area contributed by atoms with Gasteiger partial charge in [0.05, 0.1) is 16.4 Å². The average molecular weight is 456 g/mol. The predicted molar refractivity (Wildman–Crippen MR) is 124 cm³/mol. The number of hydrogen-bond acceptors (Lipinski definition) is 5. The second kappa shape index (κ2) is 8.69. The molecular weight excluding hydrogens is 434 g/mol. The molecular formula is C23H22ClN3O3S. The molecule has 2 heterocycles. The maximum absolute atomic E-state index is 13.1. The minimum atomic E-state index is -0.624. The van der Waals surface area contributed by atoms with E-state index in [9.17, 15) is 9.59 Å². The average Bonchev–Trinajstić information content (AvgIpc) is 3.18. The highest BCUT2D eigenvalue weighted by molar-refractivity contribution is 7.09. The molecule has 6 nitrogen and oxygen atoms in total. The van der Waals surface area contributed by atoms with Crippen molar-refractivity contribution in [3.63, 3.8) is 0 Å². The number of fused-ring (bicyclic) bond motifs is 1. The van der Waals surface area contributed by atoms with Crippen LogP contribution in [0.5, 0.6) is 5.75 Å². The van der Waals surface area contributed by atoms with E-state index in [0.29, 0.717) is 28.6 Å². The highest BCUT2D eigenvalue weighted by Crippen LogP contribution is 2.38. The second-order valence-electron chi connectivity index (χ2n) is 7.38. The van der Waals surface area contributed by atoms with E-state index in [1.807, 2.05) is 50.4 Å². The second-order valence-corrected chi connectivity index (χ2v) is 8.88. The largest absolute Gasteiger partial charge is 0.478 e. The van der Waals surface area contributed by atoms with Crippen LogP contribution in [0.2, 0.25) is 5.02 Å². The van der Waals surface area contributed by atoms with E-state index in [2.05, 4.69) is 10.3 Å². The number of amides is 2. The van der Waals surface area contributed by atoms with E-state index in [1.165, 1.54) is 4.90 Å². The van der Waals surface area contributed by atoms with Crippen molar-refractivity contribution in [2.45, 2.75) is 33.3 Å². The van der Waals surface area contributed by atoms with Crippen molar-refractivity contribution in [2.24, 2.45) is 0 Å². The number of ether oxygens (including phenoxy) is 1. The monoisotopic (exact) mass is 455 g/mol. The molecule has 0 saturated heterocycles. The highest BCUT2D eigenvalue weighted by atomic mass is 35.5. The highest BCUT2D eigenvalue weighted by Gasteiger charge is 2.34. The molecule has 1 atom stereocenters. The third-order valence-electron chi connectivity index (χ3n) is 5.12. The van der Waals surface area contributed by atoms with Crippen LogP contribution in [0.1, 0.15) is 23.9 Å². The molecule has 2 amide bonds. The Kier molecular flexibility index (Phi) is 5.98. The first-order valence-corrected chi connectivity index (χ1v) is 11.2. The number of carbonyl (C=O) groups excluding carboxylic acids is 2. The Morgan fingerprint density at radius 3 is 2.77 bits per heavy atom. The van der Waals surface area contributed by atoms with Crippen LogP contribution < -0.4 is 15.0 Å². The van der Waals surface area contributed by atoms with E-state index in [4.69, 9.17) is 16.3 Å². The van der Waals surface area contributed by atoms with E-state index < -0.39 is 6.10 Å². The molecule has 0 aliphatic carbocycles. The number of hydrogen-bond donors (Lipinski definition) is 1. The molecule has 3 aromatic rings. The van der Waals surface area contributed by atoms with Gasteiger partial charge in [-0.2, -0.15) is 0 Å². The van der Waals surface area contributed by atoms with E-state index in [1.54, 1.807) is 23.5 Å². The quantitative estimate of drug-likeness (QED) is 0.572. The van der Waals surface area contributed by atoms with Crippen LogP contribution in [0.4, 0.5) is 11.4 Å². The molecule has 4 rings (SSSR count). The molecule has 0 saturated carbocycles. The van der Waals surface area contributed by atoms with Gasteiger partial charge in [0.2, 0.25) is 5.91 Å². The zero-order chi connectivity index (χ0) is 22.1. The maximum atomic E-state index is 13.1. The first-order valence-electron chi connectivity index (χ1n) is 9.96. The zero-order valence-electron chi connectivity index (χ0n) is 17.4. The lowest BCUT2D eigenvalue weighted by molar-refractivity contribution is -0.128. The lowest BCUT2D eigenvalue weighted by Crippen LogP contribution is -2.48. The molecule has 1 N–H and O–H groups in total. The van der Waals surface area contributed by atoms with Gasteiger partial charge in [0.1, 0.15) is 12.3 Å². The van der Waals surface area contributed by atoms with E-state index in [-0.39, 0.29) is 18.4 Å². The van der Waals surface area contributed by atoms with Crippen LogP contribution in [0.25, 0.3) is 11.3 Å². The summed E-state index contributed by atoms with van der Waals surface area (Å²) in [5, 5.41) is 6.32. The summed E-state index contributed by atoms with van der Waals surface area (Å²) in [6.07, 6.45) is -0.114.